The van der Waals surface area contributed by atoms with Gasteiger partial charge in [0, 0.05) is 6.04 Å². The Hall–Kier alpha value is -1.65. The van der Waals surface area contributed by atoms with Crippen molar-refractivity contribution in [2.24, 2.45) is 5.73 Å². The molecule has 1 aromatic heterocycles. The van der Waals surface area contributed by atoms with Crippen molar-refractivity contribution in [1.29, 1.82) is 0 Å². The normalized spacial score (nSPS) is 14.4. The van der Waals surface area contributed by atoms with Crippen LogP contribution in [0.5, 0.6) is 0 Å². The van der Waals surface area contributed by atoms with Crippen LogP contribution in [0.4, 0.5) is 4.39 Å². The quantitative estimate of drug-likeness (QED) is 0.880. The average Bonchev–Trinajstić information content (AvgIpc) is 2.90. The molecular weight excluding hydrogens is 255 g/mol. The van der Waals surface area contributed by atoms with Crippen molar-refractivity contribution < 1.29 is 8.81 Å². The van der Waals surface area contributed by atoms with E-state index in [4.69, 9.17) is 10.2 Å². The van der Waals surface area contributed by atoms with Gasteiger partial charge in [0.05, 0.1) is 18.8 Å². The minimum atomic E-state index is -0.234. The standard InChI is InChI=1S/C16H21FN2O/c1-3-19(11-15-8-5-9-20-15)16(12(2)18)13-6-4-7-14(17)10-13/h4-10,12,16H,3,11,18H2,1-2H3. The van der Waals surface area contributed by atoms with Crippen LogP contribution in [0.15, 0.2) is 47.1 Å². The molecule has 0 saturated heterocycles. The third-order valence-electron chi connectivity index (χ3n) is 3.43. The summed E-state index contributed by atoms with van der Waals surface area (Å²) in [7, 11) is 0. The maximum atomic E-state index is 13.5. The Labute approximate surface area is 119 Å². The molecular formula is C16H21FN2O. The maximum absolute atomic E-state index is 13.5. The second kappa shape index (κ2) is 6.68. The predicted octanol–water partition coefficient (Wildman–Crippen LogP) is 3.33. The topological polar surface area (TPSA) is 42.4 Å². The lowest BCUT2D eigenvalue weighted by Gasteiger charge is -2.33. The van der Waals surface area contributed by atoms with Gasteiger partial charge in [-0.05, 0) is 43.3 Å². The van der Waals surface area contributed by atoms with Crippen LogP contribution >= 0.6 is 0 Å². The summed E-state index contributed by atoms with van der Waals surface area (Å²) in [5.74, 6) is 0.649. The number of likely N-dealkylation sites (N-methyl/N-ethyl adjacent to an activating group) is 1. The van der Waals surface area contributed by atoms with Crippen LogP contribution in [0.3, 0.4) is 0 Å². The molecule has 0 aliphatic rings. The molecule has 2 aromatic rings. The van der Waals surface area contributed by atoms with Gasteiger partial charge in [-0.25, -0.2) is 4.39 Å². The van der Waals surface area contributed by atoms with Gasteiger partial charge in [-0.15, -0.1) is 0 Å². The Kier molecular flexibility index (Phi) is 4.93. The van der Waals surface area contributed by atoms with Gasteiger partial charge in [-0.2, -0.15) is 0 Å². The van der Waals surface area contributed by atoms with Gasteiger partial charge in [0.1, 0.15) is 11.6 Å². The van der Waals surface area contributed by atoms with E-state index in [0.29, 0.717) is 6.54 Å². The highest BCUT2D eigenvalue weighted by molar-refractivity contribution is 5.22. The molecule has 0 radical (unpaired) electrons. The second-order valence-corrected chi connectivity index (χ2v) is 5.00. The highest BCUT2D eigenvalue weighted by Gasteiger charge is 2.24. The van der Waals surface area contributed by atoms with Crippen LogP contribution in [0, 0.1) is 5.82 Å². The molecule has 0 fully saturated rings. The first-order valence-electron chi connectivity index (χ1n) is 6.89. The van der Waals surface area contributed by atoms with Crippen LogP contribution in [0.25, 0.3) is 0 Å². The lowest BCUT2D eigenvalue weighted by molar-refractivity contribution is 0.164. The minimum absolute atomic E-state index is 0.0409. The molecule has 108 valence electrons. The van der Waals surface area contributed by atoms with Gasteiger partial charge < -0.3 is 10.2 Å². The number of benzene rings is 1. The fraction of sp³-hybridized carbons (Fsp3) is 0.375. The molecule has 0 aliphatic carbocycles. The molecule has 3 nitrogen and oxygen atoms in total. The first-order chi connectivity index (χ1) is 9.61. The molecule has 2 N–H and O–H groups in total. The molecule has 0 aliphatic heterocycles. The van der Waals surface area contributed by atoms with Gasteiger partial charge in [0.15, 0.2) is 0 Å². The highest BCUT2D eigenvalue weighted by Crippen LogP contribution is 2.26. The van der Waals surface area contributed by atoms with Crippen molar-refractivity contribution in [3.8, 4) is 0 Å². The summed E-state index contributed by atoms with van der Waals surface area (Å²) in [6, 6.07) is 10.3. The van der Waals surface area contributed by atoms with E-state index >= 15 is 0 Å². The molecule has 0 bridgehead atoms. The largest absolute Gasteiger partial charge is 0.468 e. The Balaban J connectivity index is 2.26. The smallest absolute Gasteiger partial charge is 0.123 e. The van der Waals surface area contributed by atoms with E-state index in [1.807, 2.05) is 25.1 Å². The number of hydrogen-bond donors (Lipinski definition) is 1. The molecule has 2 rings (SSSR count). The first-order valence-corrected chi connectivity index (χ1v) is 6.89. The number of halogens is 1. The fourth-order valence-corrected chi connectivity index (χ4v) is 2.55. The lowest BCUT2D eigenvalue weighted by Crippen LogP contribution is -2.39. The van der Waals surface area contributed by atoms with Crippen molar-refractivity contribution in [2.45, 2.75) is 32.5 Å². The summed E-state index contributed by atoms with van der Waals surface area (Å²) in [5.41, 5.74) is 7.03. The van der Waals surface area contributed by atoms with Crippen LogP contribution in [0.1, 0.15) is 31.2 Å². The van der Waals surface area contributed by atoms with Crippen molar-refractivity contribution in [3.05, 3.63) is 59.8 Å². The number of rotatable bonds is 6. The summed E-state index contributed by atoms with van der Waals surface area (Å²) < 4.78 is 18.9. The van der Waals surface area contributed by atoms with Crippen LogP contribution < -0.4 is 5.73 Å². The highest BCUT2D eigenvalue weighted by atomic mass is 19.1. The molecule has 2 unspecified atom stereocenters. The van der Waals surface area contributed by atoms with E-state index in [1.165, 1.54) is 6.07 Å². The zero-order valence-corrected chi connectivity index (χ0v) is 11.9. The Morgan fingerprint density at radius 2 is 2.10 bits per heavy atom. The number of hydrogen-bond acceptors (Lipinski definition) is 3. The average molecular weight is 276 g/mol. The molecule has 0 amide bonds. The van der Waals surface area contributed by atoms with Crippen molar-refractivity contribution in [2.75, 3.05) is 6.54 Å². The summed E-state index contributed by atoms with van der Waals surface area (Å²) >= 11 is 0. The van der Waals surface area contributed by atoms with Gasteiger partial charge >= 0.3 is 0 Å². The van der Waals surface area contributed by atoms with Gasteiger partial charge in [-0.3, -0.25) is 4.90 Å². The van der Waals surface area contributed by atoms with Crippen molar-refractivity contribution in [1.82, 2.24) is 4.90 Å². The fourth-order valence-electron chi connectivity index (χ4n) is 2.55. The molecule has 2 atom stereocenters. The first kappa shape index (κ1) is 14.8. The molecule has 4 heteroatoms. The zero-order valence-electron chi connectivity index (χ0n) is 11.9. The van der Waals surface area contributed by atoms with Crippen LogP contribution in [-0.2, 0) is 6.54 Å². The molecule has 1 aromatic carbocycles. The number of nitrogens with zero attached hydrogens (tertiary/aromatic N) is 1. The summed E-state index contributed by atoms with van der Waals surface area (Å²) in [6.45, 7) is 5.48. The Morgan fingerprint density at radius 3 is 2.65 bits per heavy atom. The maximum Gasteiger partial charge on any atom is 0.123 e. The molecule has 0 saturated carbocycles. The third-order valence-corrected chi connectivity index (χ3v) is 3.43. The minimum Gasteiger partial charge on any atom is -0.468 e. The van der Waals surface area contributed by atoms with E-state index in [1.54, 1.807) is 18.4 Å². The number of furan rings is 1. The zero-order chi connectivity index (χ0) is 14.5. The van der Waals surface area contributed by atoms with Gasteiger partial charge in [-0.1, -0.05) is 19.1 Å². The predicted molar refractivity (Wildman–Crippen MR) is 77.6 cm³/mol. The summed E-state index contributed by atoms with van der Waals surface area (Å²) in [6.07, 6.45) is 1.66. The van der Waals surface area contributed by atoms with E-state index in [-0.39, 0.29) is 17.9 Å². The van der Waals surface area contributed by atoms with Crippen molar-refractivity contribution in [3.63, 3.8) is 0 Å². The number of nitrogens with two attached hydrogens (primary N) is 1. The van der Waals surface area contributed by atoms with Crippen LogP contribution in [-0.4, -0.2) is 17.5 Å². The molecule has 1 heterocycles. The van der Waals surface area contributed by atoms with Crippen LogP contribution in [0.2, 0.25) is 0 Å². The van der Waals surface area contributed by atoms with E-state index in [0.717, 1.165) is 17.9 Å². The Bertz CT molecular complexity index is 525. The van der Waals surface area contributed by atoms with E-state index in [2.05, 4.69) is 11.8 Å². The summed E-state index contributed by atoms with van der Waals surface area (Å²) in [4.78, 5) is 2.19. The van der Waals surface area contributed by atoms with Gasteiger partial charge in [0.25, 0.3) is 0 Å². The second-order valence-electron chi connectivity index (χ2n) is 5.00. The summed E-state index contributed by atoms with van der Waals surface area (Å²) in [5, 5.41) is 0. The van der Waals surface area contributed by atoms with Crippen molar-refractivity contribution >= 4 is 0 Å². The molecule has 20 heavy (non-hydrogen) atoms. The lowest BCUT2D eigenvalue weighted by atomic mass is 9.99. The monoisotopic (exact) mass is 276 g/mol. The Morgan fingerprint density at radius 1 is 1.30 bits per heavy atom. The molecule has 0 spiro atoms. The van der Waals surface area contributed by atoms with Gasteiger partial charge in [0.2, 0.25) is 0 Å². The van der Waals surface area contributed by atoms with E-state index in [9.17, 15) is 4.39 Å². The third kappa shape index (κ3) is 3.46. The van der Waals surface area contributed by atoms with E-state index < -0.39 is 0 Å². The SMILES string of the molecule is CCN(Cc1ccco1)C(c1cccc(F)c1)C(C)N.